The standard InChI is InChI=1S/C9H14O3/c1-9(2,3)8(11)12-7-5-4-6-10/h10H,6-7H2,1-3H3. The summed E-state index contributed by atoms with van der Waals surface area (Å²) in [6.07, 6.45) is 0. The molecule has 0 heterocycles. The summed E-state index contributed by atoms with van der Waals surface area (Å²) in [5, 5.41) is 8.28. The number of aliphatic hydroxyl groups excluding tert-OH is 1. The van der Waals surface area contributed by atoms with Crippen molar-refractivity contribution < 1.29 is 14.6 Å². The fraction of sp³-hybridized carbons (Fsp3) is 0.667. The van der Waals surface area contributed by atoms with Gasteiger partial charge in [-0.05, 0) is 20.8 Å². The Balaban J connectivity index is 3.73. The third-order valence-electron chi connectivity index (χ3n) is 1.09. The van der Waals surface area contributed by atoms with Crippen LogP contribution in [0, 0.1) is 17.3 Å². The monoisotopic (exact) mass is 170 g/mol. The molecule has 0 unspecified atom stereocenters. The SMILES string of the molecule is CC(C)(C)C(=O)OCC#CCO. The number of rotatable bonds is 1. The highest BCUT2D eigenvalue weighted by Gasteiger charge is 2.22. The summed E-state index contributed by atoms with van der Waals surface area (Å²) in [5.74, 6) is 4.60. The predicted molar refractivity (Wildman–Crippen MR) is 45.3 cm³/mol. The van der Waals surface area contributed by atoms with Gasteiger partial charge in [-0.3, -0.25) is 4.79 Å². The van der Waals surface area contributed by atoms with Crippen molar-refractivity contribution in [3.05, 3.63) is 0 Å². The van der Waals surface area contributed by atoms with Gasteiger partial charge in [0.2, 0.25) is 0 Å². The van der Waals surface area contributed by atoms with E-state index in [1.165, 1.54) is 0 Å². The fourth-order valence-corrected chi connectivity index (χ4v) is 0.425. The predicted octanol–water partition coefficient (Wildman–Crippen LogP) is 0.571. The van der Waals surface area contributed by atoms with Crippen molar-refractivity contribution in [2.75, 3.05) is 13.2 Å². The Hall–Kier alpha value is -1.01. The lowest BCUT2D eigenvalue weighted by Gasteiger charge is -2.14. The third-order valence-corrected chi connectivity index (χ3v) is 1.09. The quantitative estimate of drug-likeness (QED) is 0.462. The molecule has 12 heavy (non-hydrogen) atoms. The fourth-order valence-electron chi connectivity index (χ4n) is 0.425. The Morgan fingerprint density at radius 1 is 1.42 bits per heavy atom. The molecule has 0 aromatic rings. The molecule has 0 rings (SSSR count). The highest BCUT2D eigenvalue weighted by molar-refractivity contribution is 5.75. The van der Waals surface area contributed by atoms with Crippen LogP contribution in [0.5, 0.6) is 0 Å². The van der Waals surface area contributed by atoms with Crippen LogP contribution in [0.2, 0.25) is 0 Å². The van der Waals surface area contributed by atoms with Gasteiger partial charge in [-0.15, -0.1) is 0 Å². The molecule has 0 atom stereocenters. The van der Waals surface area contributed by atoms with Crippen molar-refractivity contribution in [3.8, 4) is 11.8 Å². The van der Waals surface area contributed by atoms with E-state index in [4.69, 9.17) is 9.84 Å². The van der Waals surface area contributed by atoms with Crippen LogP contribution in [0.1, 0.15) is 20.8 Å². The molecule has 0 radical (unpaired) electrons. The van der Waals surface area contributed by atoms with Crippen LogP contribution < -0.4 is 0 Å². The zero-order valence-corrected chi connectivity index (χ0v) is 7.68. The van der Waals surface area contributed by atoms with Crippen LogP contribution in [0.3, 0.4) is 0 Å². The van der Waals surface area contributed by atoms with Gasteiger partial charge in [0.25, 0.3) is 0 Å². The number of hydrogen-bond donors (Lipinski definition) is 1. The third kappa shape index (κ3) is 4.75. The number of ether oxygens (including phenoxy) is 1. The molecule has 0 bridgehead atoms. The molecule has 3 nitrogen and oxygen atoms in total. The lowest BCUT2D eigenvalue weighted by Crippen LogP contribution is -2.22. The minimum Gasteiger partial charge on any atom is -0.452 e. The van der Waals surface area contributed by atoms with E-state index in [9.17, 15) is 4.79 Å². The summed E-state index contributed by atoms with van der Waals surface area (Å²) < 4.78 is 4.78. The topological polar surface area (TPSA) is 46.5 Å². The second-order valence-electron chi connectivity index (χ2n) is 3.34. The summed E-state index contributed by atoms with van der Waals surface area (Å²) in [6.45, 7) is 5.17. The lowest BCUT2D eigenvalue weighted by molar-refractivity contribution is -0.151. The summed E-state index contributed by atoms with van der Waals surface area (Å²) in [4.78, 5) is 11.1. The van der Waals surface area contributed by atoms with Crippen molar-refractivity contribution >= 4 is 5.97 Å². The molecule has 68 valence electrons. The molecule has 0 aromatic carbocycles. The van der Waals surface area contributed by atoms with E-state index in [-0.39, 0.29) is 19.2 Å². The van der Waals surface area contributed by atoms with Crippen LogP contribution >= 0.6 is 0 Å². The number of esters is 1. The number of aliphatic hydroxyl groups is 1. The normalized spacial score (nSPS) is 10.0. The first-order valence-electron chi connectivity index (χ1n) is 3.72. The zero-order valence-electron chi connectivity index (χ0n) is 7.68. The highest BCUT2D eigenvalue weighted by atomic mass is 16.5. The molecule has 0 aromatic heterocycles. The zero-order chi connectivity index (χ0) is 9.61. The molecular weight excluding hydrogens is 156 g/mol. The molecule has 0 fully saturated rings. The van der Waals surface area contributed by atoms with Gasteiger partial charge < -0.3 is 9.84 Å². The van der Waals surface area contributed by atoms with E-state index in [0.29, 0.717) is 0 Å². The first-order chi connectivity index (χ1) is 5.48. The maximum atomic E-state index is 11.1. The molecule has 0 aliphatic carbocycles. The van der Waals surface area contributed by atoms with E-state index in [2.05, 4.69) is 11.8 Å². The van der Waals surface area contributed by atoms with Crippen molar-refractivity contribution in [1.29, 1.82) is 0 Å². The minimum absolute atomic E-state index is 0.0522. The highest BCUT2D eigenvalue weighted by Crippen LogP contribution is 2.14. The van der Waals surface area contributed by atoms with Crippen molar-refractivity contribution in [2.24, 2.45) is 5.41 Å². The molecule has 1 N–H and O–H groups in total. The second-order valence-corrected chi connectivity index (χ2v) is 3.34. The van der Waals surface area contributed by atoms with Gasteiger partial charge in [0.05, 0.1) is 5.41 Å². The Bertz CT molecular complexity index is 202. The van der Waals surface area contributed by atoms with Gasteiger partial charge in [-0.1, -0.05) is 11.8 Å². The summed E-state index contributed by atoms with van der Waals surface area (Å²) in [5.41, 5.74) is -0.485. The maximum Gasteiger partial charge on any atom is 0.312 e. The number of hydrogen-bond acceptors (Lipinski definition) is 3. The van der Waals surface area contributed by atoms with E-state index >= 15 is 0 Å². The first-order valence-corrected chi connectivity index (χ1v) is 3.72. The van der Waals surface area contributed by atoms with Crippen molar-refractivity contribution in [1.82, 2.24) is 0 Å². The maximum absolute atomic E-state index is 11.1. The van der Waals surface area contributed by atoms with Gasteiger partial charge in [-0.25, -0.2) is 0 Å². The average molecular weight is 170 g/mol. The van der Waals surface area contributed by atoms with E-state index in [0.717, 1.165) is 0 Å². The molecule has 0 aliphatic heterocycles. The van der Waals surface area contributed by atoms with Crippen LogP contribution in [-0.2, 0) is 9.53 Å². The second kappa shape index (κ2) is 4.78. The average Bonchev–Trinajstić information content (AvgIpc) is 1.96. The van der Waals surface area contributed by atoms with E-state index < -0.39 is 5.41 Å². The summed E-state index contributed by atoms with van der Waals surface area (Å²) in [6, 6.07) is 0. The van der Waals surface area contributed by atoms with Crippen LogP contribution in [0.25, 0.3) is 0 Å². The molecule has 0 amide bonds. The van der Waals surface area contributed by atoms with Crippen molar-refractivity contribution in [3.63, 3.8) is 0 Å². The molecule has 0 saturated carbocycles. The Morgan fingerprint density at radius 3 is 2.42 bits per heavy atom. The smallest absolute Gasteiger partial charge is 0.312 e. The first kappa shape index (κ1) is 11.0. The van der Waals surface area contributed by atoms with Gasteiger partial charge >= 0.3 is 5.97 Å². The van der Waals surface area contributed by atoms with Gasteiger partial charge in [0.15, 0.2) is 6.61 Å². The Kier molecular flexibility index (Phi) is 4.38. The lowest BCUT2D eigenvalue weighted by atomic mass is 9.97. The van der Waals surface area contributed by atoms with E-state index in [1.807, 2.05) is 0 Å². The minimum atomic E-state index is -0.485. The van der Waals surface area contributed by atoms with Crippen LogP contribution in [0.4, 0.5) is 0 Å². The number of carbonyl (C=O) groups excluding carboxylic acids is 1. The molecule has 0 spiro atoms. The molecule has 0 aliphatic rings. The van der Waals surface area contributed by atoms with Crippen LogP contribution in [0.15, 0.2) is 0 Å². The van der Waals surface area contributed by atoms with E-state index in [1.54, 1.807) is 20.8 Å². The molecule has 3 heteroatoms. The summed E-state index contributed by atoms with van der Waals surface area (Å²) in [7, 11) is 0. The number of carbonyl (C=O) groups is 1. The largest absolute Gasteiger partial charge is 0.452 e. The Morgan fingerprint density at radius 2 is 2.00 bits per heavy atom. The van der Waals surface area contributed by atoms with Gasteiger partial charge in [0, 0.05) is 0 Å². The van der Waals surface area contributed by atoms with Gasteiger partial charge in [0.1, 0.15) is 6.61 Å². The summed E-state index contributed by atoms with van der Waals surface area (Å²) >= 11 is 0. The Labute approximate surface area is 72.7 Å². The van der Waals surface area contributed by atoms with Crippen molar-refractivity contribution in [2.45, 2.75) is 20.8 Å². The molecular formula is C9H14O3. The van der Waals surface area contributed by atoms with Crippen LogP contribution in [-0.4, -0.2) is 24.3 Å². The van der Waals surface area contributed by atoms with Gasteiger partial charge in [-0.2, -0.15) is 0 Å². The molecule has 0 saturated heterocycles.